The highest BCUT2D eigenvalue weighted by atomic mass is 19.1. The minimum absolute atomic E-state index is 0.0505. The highest BCUT2D eigenvalue weighted by molar-refractivity contribution is 6.00. The molecule has 1 fully saturated rings. The van der Waals surface area contributed by atoms with Gasteiger partial charge in [0.05, 0.1) is 32.2 Å². The molecular weight excluding hydrogens is 1260 g/mol. The summed E-state index contributed by atoms with van der Waals surface area (Å²) in [4.78, 5) is 168. The van der Waals surface area contributed by atoms with Gasteiger partial charge in [-0.3, -0.25) is 57.7 Å². The normalized spacial score (nSPS) is 23.7. The van der Waals surface area contributed by atoms with E-state index in [2.05, 4.69) is 46.9 Å². The Hall–Kier alpha value is -10.6. The number of rotatable bonds is 12. The van der Waals surface area contributed by atoms with Crippen LogP contribution in [0.25, 0.3) is 21.8 Å². The van der Waals surface area contributed by atoms with Crippen LogP contribution in [-0.2, 0) is 78.4 Å². The first-order chi connectivity index (χ1) is 46.4. The molecule has 0 unspecified atom stereocenters. The number of H-pyrrole nitrogens is 2. The summed E-state index contributed by atoms with van der Waals surface area (Å²) in [6.07, 6.45) is 3.31. The molecule has 2 aromatic heterocycles. The number of ketones is 2. The SMILES string of the molecule is COc1ccc(C[C@@H]2NC(=O)[C@H](CC3=CN=CC3)CC(=O)[C@H](CC(=O)O)NC(=O)[C@H](Cc3c[nH]c4ccc(F)cc34)CC(=O)[C@H](Cc3c[nH]c4ccc(F)cc34)NC(=O)[C@@H](C)NC(=O)CCCC(=O)NCCOc3ccc(cc3)C[C@@H](C(N)=O)NC(=O)[C@]3(C)CCCN3C2=O)cc1. The minimum Gasteiger partial charge on any atom is -0.497 e. The molecule has 0 aliphatic carbocycles. The Morgan fingerprint density at radius 3 is 1.93 bits per heavy atom. The van der Waals surface area contributed by atoms with Crippen molar-refractivity contribution in [2.24, 2.45) is 22.6 Å². The van der Waals surface area contributed by atoms with Crippen molar-refractivity contribution in [1.29, 1.82) is 0 Å². The number of allylic oxidation sites excluding steroid dienone is 1. The summed E-state index contributed by atoms with van der Waals surface area (Å²) >= 11 is 0. The van der Waals surface area contributed by atoms with Gasteiger partial charge in [-0.05, 0) is 134 Å². The zero-order valence-electron chi connectivity index (χ0n) is 53.9. The van der Waals surface area contributed by atoms with Crippen molar-refractivity contribution in [3.05, 3.63) is 143 Å². The Kier molecular flexibility index (Phi) is 23.5. The molecule has 4 aliphatic heterocycles. The van der Waals surface area contributed by atoms with E-state index < -0.39 is 143 Å². The Bertz CT molecular complexity index is 4020. The maximum absolute atomic E-state index is 15.3. The van der Waals surface area contributed by atoms with Gasteiger partial charge in [-0.15, -0.1) is 0 Å². The molecule has 4 aromatic carbocycles. The molecular formula is C70H79F2N11O14. The van der Waals surface area contributed by atoms with Crippen molar-refractivity contribution < 1.29 is 76.1 Å². The van der Waals surface area contributed by atoms with Gasteiger partial charge in [-0.2, -0.15) is 0 Å². The topological polar surface area (TPSA) is 372 Å². The summed E-state index contributed by atoms with van der Waals surface area (Å²) in [5.41, 5.74) is 7.69. The van der Waals surface area contributed by atoms with Gasteiger partial charge in [0.25, 0.3) is 0 Å². The summed E-state index contributed by atoms with van der Waals surface area (Å²) in [6, 6.07) is 13.8. The first kappa shape index (κ1) is 70.7. The number of carboxylic acids is 1. The van der Waals surface area contributed by atoms with Gasteiger partial charge in [0.15, 0.2) is 11.6 Å². The van der Waals surface area contributed by atoms with E-state index in [1.54, 1.807) is 61.7 Å². The molecule has 0 saturated carbocycles. The van der Waals surface area contributed by atoms with E-state index in [9.17, 15) is 47.4 Å². The molecule has 1 saturated heterocycles. The van der Waals surface area contributed by atoms with E-state index in [1.807, 2.05) is 0 Å². The van der Waals surface area contributed by atoms with Crippen LogP contribution >= 0.6 is 0 Å². The second-order valence-corrected chi connectivity index (χ2v) is 25.0. The molecule has 6 aromatic rings. The Labute approximate surface area is 556 Å². The maximum Gasteiger partial charge on any atom is 0.305 e. The van der Waals surface area contributed by atoms with Crippen molar-refractivity contribution in [2.75, 3.05) is 26.8 Å². The number of carboxylic acid groups (broad SMARTS) is 1. The lowest BCUT2D eigenvalue weighted by atomic mass is 9.87. The lowest BCUT2D eigenvalue weighted by Gasteiger charge is -2.37. The zero-order valence-corrected chi connectivity index (χ0v) is 53.9. The number of nitrogens with one attached hydrogen (secondary N) is 8. The molecule has 512 valence electrons. The molecule has 10 rings (SSSR count). The van der Waals surface area contributed by atoms with E-state index >= 15 is 19.2 Å². The number of aliphatic carboxylic acids is 1. The second-order valence-electron chi connectivity index (χ2n) is 25.0. The molecule has 4 aliphatic rings. The van der Waals surface area contributed by atoms with Crippen LogP contribution in [0.2, 0.25) is 0 Å². The molecule has 0 spiro atoms. The number of nitrogens with zero attached hydrogens (tertiary/aromatic N) is 2. The number of carbonyl (C=O) groups is 11. The number of hydrogen-bond donors (Lipinski definition) is 10. The highest BCUT2D eigenvalue weighted by Gasteiger charge is 2.49. The van der Waals surface area contributed by atoms with Crippen LogP contribution in [0.5, 0.6) is 11.5 Å². The average Bonchev–Trinajstić information content (AvgIpc) is 1.70. The third kappa shape index (κ3) is 18.7. The van der Waals surface area contributed by atoms with Crippen LogP contribution in [0, 0.1) is 23.5 Å². The van der Waals surface area contributed by atoms with Gasteiger partial charge in [0.2, 0.25) is 47.3 Å². The van der Waals surface area contributed by atoms with Crippen LogP contribution in [-0.4, -0.2) is 154 Å². The molecule has 2 bridgehead atoms. The number of Topliss-reactive ketones (excluding diaryl/α,β-unsaturated/α-hetero) is 2. The Morgan fingerprint density at radius 1 is 0.701 bits per heavy atom. The third-order valence-corrected chi connectivity index (χ3v) is 17.9. The van der Waals surface area contributed by atoms with Crippen LogP contribution in [0.1, 0.15) is 100 Å². The van der Waals surface area contributed by atoms with Crippen LogP contribution in [0.3, 0.4) is 0 Å². The number of amides is 8. The van der Waals surface area contributed by atoms with Crippen LogP contribution < -0.4 is 47.1 Å². The summed E-state index contributed by atoms with van der Waals surface area (Å²) in [7, 11) is 1.47. The van der Waals surface area contributed by atoms with E-state index in [-0.39, 0.29) is 83.9 Å². The lowest BCUT2D eigenvalue weighted by molar-refractivity contribution is -0.147. The third-order valence-electron chi connectivity index (χ3n) is 17.9. The van der Waals surface area contributed by atoms with Gasteiger partial charge in [-0.25, -0.2) is 8.78 Å². The predicted octanol–water partition coefficient (Wildman–Crippen LogP) is 4.57. The number of carbonyl (C=O) groups excluding carboxylic acids is 10. The standard InChI is InChI=1S/C70H79F2N11O14/c1-39-65(91)79-55(30-46-38-77-54-19-13-48(72)34-52(46)54)59(84)32-44(29-45-37-76-53-18-12-47(71)33-51(45)53)67(93)80-56(35-63(88)89)60(85)31-43(26-42-20-22-74-36-42)66(92)81-58(28-41-8-14-49(96-3)15-9-41)68(94)83-24-5-21-70(83,2)69(95)82-57(64(73)90)27-40-10-16-50(17-11-40)97-25-23-75-61(86)6-4-7-62(87)78-39/h8-19,22,33-34,36-39,43-44,55-58,76-77H,4-7,20-21,23-32,35H2,1-3H3,(H2,73,90)(H,75,86)(H,78,87)(H,79,91)(H,80,93)(H,81,92)(H,82,95)(H,88,89)/t39-,43-,44-,55+,56+,57+,58+,70+/m1/s1. The minimum atomic E-state index is -1.86. The zero-order chi connectivity index (χ0) is 69.5. The Morgan fingerprint density at radius 2 is 1.31 bits per heavy atom. The fourth-order valence-corrected chi connectivity index (χ4v) is 12.5. The largest absolute Gasteiger partial charge is 0.497 e. The molecule has 0 radical (unpaired) electrons. The van der Waals surface area contributed by atoms with Gasteiger partial charge in [0, 0.05) is 116 Å². The number of halogens is 2. The summed E-state index contributed by atoms with van der Waals surface area (Å²) in [6.45, 7) is 3.11. The molecule has 25 nitrogen and oxygen atoms in total. The lowest BCUT2D eigenvalue weighted by Crippen LogP contribution is -2.62. The predicted molar refractivity (Wildman–Crippen MR) is 351 cm³/mol. The molecule has 8 amide bonds. The van der Waals surface area contributed by atoms with Crippen LogP contribution in [0.15, 0.2) is 114 Å². The number of fused-ring (bicyclic) bond motifs is 33. The smallest absolute Gasteiger partial charge is 0.305 e. The number of aromatic nitrogens is 2. The number of ether oxygens (including phenoxy) is 2. The first-order valence-electron chi connectivity index (χ1n) is 32.1. The fourth-order valence-electron chi connectivity index (χ4n) is 12.5. The molecule has 11 N–H and O–H groups in total. The number of methoxy groups -OCH3 is 1. The summed E-state index contributed by atoms with van der Waals surface area (Å²) < 4.78 is 40.9. The first-order valence-corrected chi connectivity index (χ1v) is 32.1. The summed E-state index contributed by atoms with van der Waals surface area (Å²) in [5, 5.41) is 27.3. The van der Waals surface area contributed by atoms with Gasteiger partial charge >= 0.3 is 5.97 Å². The summed E-state index contributed by atoms with van der Waals surface area (Å²) in [5.74, 6) is -12.3. The monoisotopic (exact) mass is 1340 g/mol. The van der Waals surface area contributed by atoms with E-state index in [1.165, 1.54) is 73.9 Å². The van der Waals surface area contributed by atoms with Crippen molar-refractivity contribution in [3.8, 4) is 11.5 Å². The van der Waals surface area contributed by atoms with Crippen LogP contribution in [0.4, 0.5) is 8.78 Å². The Balaban J connectivity index is 1.05. The molecule has 6 heterocycles. The number of nitrogens with two attached hydrogens (primary N) is 1. The maximum atomic E-state index is 15.3. The molecule has 8 atom stereocenters. The van der Waals surface area contributed by atoms with Crippen molar-refractivity contribution in [2.45, 2.75) is 139 Å². The van der Waals surface area contributed by atoms with E-state index in [0.717, 1.165) is 0 Å². The molecule has 97 heavy (non-hydrogen) atoms. The number of primary amides is 1. The number of benzene rings is 4. The number of hydrogen-bond acceptors (Lipinski definition) is 14. The van der Waals surface area contributed by atoms with Gasteiger partial charge < -0.3 is 67.1 Å². The van der Waals surface area contributed by atoms with E-state index in [0.29, 0.717) is 67.6 Å². The number of aliphatic imine (C=N–C) groups is 1. The molecule has 27 heteroatoms. The van der Waals surface area contributed by atoms with Gasteiger partial charge in [-0.1, -0.05) is 24.3 Å². The van der Waals surface area contributed by atoms with Crippen molar-refractivity contribution in [3.63, 3.8) is 0 Å². The van der Waals surface area contributed by atoms with Gasteiger partial charge in [0.1, 0.15) is 53.4 Å². The quantitative estimate of drug-likeness (QED) is 0.0803. The number of aromatic amines is 2. The van der Waals surface area contributed by atoms with Crippen molar-refractivity contribution >= 4 is 92.8 Å². The van der Waals surface area contributed by atoms with E-state index in [4.69, 9.17) is 15.2 Å². The second kappa shape index (κ2) is 32.2. The fraction of sp³-hybridized carbons (Fsp3) is 0.400. The van der Waals surface area contributed by atoms with Crippen molar-refractivity contribution in [1.82, 2.24) is 46.8 Å². The average molecular weight is 1340 g/mol. The highest BCUT2D eigenvalue weighted by Crippen LogP contribution is 2.33.